The van der Waals surface area contributed by atoms with E-state index in [0.29, 0.717) is 6.42 Å². The van der Waals surface area contributed by atoms with E-state index in [-0.39, 0.29) is 12.5 Å². The fraction of sp³-hybridized carbons (Fsp3) is 0.659. The molecule has 2 atom stereocenters. The Balaban J connectivity index is 3.54. The summed E-state index contributed by atoms with van der Waals surface area (Å²) in [6.45, 7) is 3.93. The molecule has 0 spiro atoms. The van der Waals surface area contributed by atoms with Gasteiger partial charge in [0, 0.05) is 6.42 Å². The maximum absolute atomic E-state index is 12.3. The van der Waals surface area contributed by atoms with E-state index in [1.807, 2.05) is 13.0 Å². The molecule has 4 heteroatoms. The first-order chi connectivity index (χ1) is 23.7. The first kappa shape index (κ1) is 45.6. The number of carbonyl (C=O) groups excluding carboxylic acids is 1. The summed E-state index contributed by atoms with van der Waals surface area (Å²) in [6, 6.07) is -0.647. The molecule has 0 rings (SSSR count). The summed E-state index contributed by atoms with van der Waals surface area (Å²) < 4.78 is 0. The van der Waals surface area contributed by atoms with Crippen molar-refractivity contribution in [3.05, 3.63) is 85.1 Å². The normalized spacial score (nSPS) is 14.0. The highest BCUT2D eigenvalue weighted by Gasteiger charge is 2.17. The van der Waals surface area contributed by atoms with Gasteiger partial charge in [-0.25, -0.2) is 0 Å². The van der Waals surface area contributed by atoms with Crippen molar-refractivity contribution < 1.29 is 15.0 Å². The van der Waals surface area contributed by atoms with Gasteiger partial charge >= 0.3 is 0 Å². The van der Waals surface area contributed by atoms with Crippen molar-refractivity contribution in [3.8, 4) is 0 Å². The Labute approximate surface area is 297 Å². The summed E-state index contributed by atoms with van der Waals surface area (Å²) in [5.41, 5.74) is 0. The quantitative estimate of drug-likeness (QED) is 0.0473. The van der Waals surface area contributed by atoms with Crippen LogP contribution < -0.4 is 5.32 Å². The van der Waals surface area contributed by atoms with Crippen LogP contribution in [0.5, 0.6) is 0 Å². The molecule has 0 aliphatic heterocycles. The molecule has 0 bridgehead atoms. The van der Waals surface area contributed by atoms with Gasteiger partial charge in [-0.2, -0.15) is 0 Å². The number of unbranched alkanes of at least 4 members (excludes halogenated alkanes) is 16. The number of amides is 1. The Morgan fingerprint density at radius 2 is 0.958 bits per heavy atom. The summed E-state index contributed by atoms with van der Waals surface area (Å²) in [5.74, 6) is -0.0867. The molecule has 1 amide bonds. The maximum Gasteiger partial charge on any atom is 0.220 e. The molecular formula is C44H75NO3. The summed E-state index contributed by atoms with van der Waals surface area (Å²) in [4.78, 5) is 12.3. The largest absolute Gasteiger partial charge is 0.394 e. The van der Waals surface area contributed by atoms with Crippen LogP contribution in [0.3, 0.4) is 0 Å². The lowest BCUT2D eigenvalue weighted by atomic mass is 10.0. The van der Waals surface area contributed by atoms with Gasteiger partial charge in [0.05, 0.1) is 18.8 Å². The van der Waals surface area contributed by atoms with Crippen LogP contribution in [0.2, 0.25) is 0 Å². The Bertz CT molecular complexity index is 895. The Kier molecular flexibility index (Phi) is 37.0. The smallest absolute Gasteiger partial charge is 0.220 e. The minimum Gasteiger partial charge on any atom is -0.394 e. The molecule has 0 aliphatic rings. The molecule has 3 N–H and O–H groups in total. The molecule has 0 radical (unpaired) electrons. The van der Waals surface area contributed by atoms with Gasteiger partial charge < -0.3 is 15.5 Å². The van der Waals surface area contributed by atoms with Crippen molar-refractivity contribution in [2.45, 2.75) is 180 Å². The molecular weight excluding hydrogens is 590 g/mol. The Morgan fingerprint density at radius 1 is 0.542 bits per heavy atom. The van der Waals surface area contributed by atoms with E-state index in [2.05, 4.69) is 85.2 Å². The van der Waals surface area contributed by atoms with Gasteiger partial charge in [0.2, 0.25) is 5.91 Å². The molecule has 2 unspecified atom stereocenters. The number of hydrogen-bond acceptors (Lipinski definition) is 3. The second-order valence-corrected chi connectivity index (χ2v) is 13.0. The lowest BCUT2D eigenvalue weighted by molar-refractivity contribution is -0.123. The number of rotatable bonds is 34. The topological polar surface area (TPSA) is 69.6 Å². The number of hydrogen-bond donors (Lipinski definition) is 3. The maximum atomic E-state index is 12.3. The van der Waals surface area contributed by atoms with E-state index < -0.39 is 12.1 Å². The van der Waals surface area contributed by atoms with Gasteiger partial charge in [-0.1, -0.05) is 169 Å². The molecule has 0 aromatic heterocycles. The van der Waals surface area contributed by atoms with Gasteiger partial charge in [0.25, 0.3) is 0 Å². The zero-order valence-corrected chi connectivity index (χ0v) is 31.2. The van der Waals surface area contributed by atoms with Gasteiger partial charge in [-0.05, 0) is 77.6 Å². The third kappa shape index (κ3) is 34.9. The molecule has 0 aromatic carbocycles. The van der Waals surface area contributed by atoms with Crippen molar-refractivity contribution in [2.75, 3.05) is 6.61 Å². The van der Waals surface area contributed by atoms with Crippen molar-refractivity contribution in [2.24, 2.45) is 0 Å². The SMILES string of the molecule is C/C=C/CC/C=C/CC/C=C/C(O)C(CO)NC(=O)CCCCCCCCCCCCCCCC/C=C\C/C=C\C/C=C\C/C=C\CC. The molecule has 0 aliphatic carbocycles. The van der Waals surface area contributed by atoms with Crippen LogP contribution in [-0.4, -0.2) is 34.9 Å². The van der Waals surface area contributed by atoms with Gasteiger partial charge in [-0.15, -0.1) is 0 Å². The molecule has 0 saturated carbocycles. The lowest BCUT2D eigenvalue weighted by Gasteiger charge is -2.19. The monoisotopic (exact) mass is 666 g/mol. The fourth-order valence-electron chi connectivity index (χ4n) is 5.44. The lowest BCUT2D eigenvalue weighted by Crippen LogP contribution is -2.45. The van der Waals surface area contributed by atoms with Crippen molar-refractivity contribution >= 4 is 5.91 Å². The minimum absolute atomic E-state index is 0.0867. The van der Waals surface area contributed by atoms with Crippen molar-refractivity contribution in [3.63, 3.8) is 0 Å². The average Bonchev–Trinajstić information content (AvgIpc) is 3.09. The van der Waals surface area contributed by atoms with Crippen LogP contribution in [0.1, 0.15) is 168 Å². The van der Waals surface area contributed by atoms with E-state index >= 15 is 0 Å². The standard InChI is InChI=1S/C44H75NO3/c1-3-5-7-9-11-13-14-15-16-17-18-19-20-21-22-23-24-25-26-27-28-29-30-32-34-36-38-40-44(48)45-42(41-46)43(47)39-37-35-33-31-12-10-8-6-4-2/h4-7,11-13,15-16,18-19,31,37,39,42-43,46-47H,3,8-10,14,17,20-30,32-36,38,40-41H2,1-2H3,(H,45,48)/b6-4+,7-5-,13-11-,16-15-,19-18-,31-12+,39-37+. The van der Waals surface area contributed by atoms with Crippen molar-refractivity contribution in [1.29, 1.82) is 0 Å². The highest BCUT2D eigenvalue weighted by Crippen LogP contribution is 2.14. The zero-order valence-electron chi connectivity index (χ0n) is 31.2. The minimum atomic E-state index is -0.871. The first-order valence-electron chi connectivity index (χ1n) is 19.8. The number of carbonyl (C=O) groups is 1. The second-order valence-electron chi connectivity index (χ2n) is 13.0. The van der Waals surface area contributed by atoms with E-state index in [1.54, 1.807) is 6.08 Å². The number of nitrogens with one attached hydrogen (secondary N) is 1. The van der Waals surface area contributed by atoms with Crippen LogP contribution in [0, 0.1) is 0 Å². The van der Waals surface area contributed by atoms with Gasteiger partial charge in [0.15, 0.2) is 0 Å². The number of aliphatic hydroxyl groups is 2. The predicted molar refractivity (Wildman–Crippen MR) is 211 cm³/mol. The van der Waals surface area contributed by atoms with Gasteiger partial charge in [0.1, 0.15) is 0 Å². The summed E-state index contributed by atoms with van der Waals surface area (Å²) >= 11 is 0. The average molecular weight is 666 g/mol. The van der Waals surface area contributed by atoms with Crippen LogP contribution in [-0.2, 0) is 4.79 Å². The molecule has 0 saturated heterocycles. The van der Waals surface area contributed by atoms with Crippen LogP contribution in [0.15, 0.2) is 85.1 Å². The number of allylic oxidation sites excluding steroid dienone is 13. The summed E-state index contributed by atoms with van der Waals surface area (Å²) in [5, 5.41) is 22.8. The van der Waals surface area contributed by atoms with Crippen LogP contribution >= 0.6 is 0 Å². The van der Waals surface area contributed by atoms with Crippen molar-refractivity contribution in [1.82, 2.24) is 5.32 Å². The third-order valence-corrected chi connectivity index (χ3v) is 8.43. The summed E-state index contributed by atoms with van der Waals surface area (Å²) in [6.07, 6.45) is 57.1. The Hall–Kier alpha value is -2.43. The zero-order chi connectivity index (χ0) is 35.0. The first-order valence-corrected chi connectivity index (χ1v) is 19.8. The summed E-state index contributed by atoms with van der Waals surface area (Å²) in [7, 11) is 0. The number of aliphatic hydroxyl groups excluding tert-OH is 2. The molecule has 4 nitrogen and oxygen atoms in total. The molecule has 0 aromatic rings. The van der Waals surface area contributed by atoms with Gasteiger partial charge in [-0.3, -0.25) is 4.79 Å². The van der Waals surface area contributed by atoms with Crippen LogP contribution in [0.4, 0.5) is 0 Å². The molecule has 0 heterocycles. The Morgan fingerprint density at radius 3 is 1.46 bits per heavy atom. The highest BCUT2D eigenvalue weighted by atomic mass is 16.3. The highest BCUT2D eigenvalue weighted by molar-refractivity contribution is 5.76. The van der Waals surface area contributed by atoms with Crippen LogP contribution in [0.25, 0.3) is 0 Å². The van der Waals surface area contributed by atoms with E-state index in [9.17, 15) is 15.0 Å². The second kappa shape index (κ2) is 39.0. The fourth-order valence-corrected chi connectivity index (χ4v) is 5.44. The third-order valence-electron chi connectivity index (χ3n) is 8.43. The van der Waals surface area contributed by atoms with E-state index in [1.165, 1.54) is 83.5 Å². The van der Waals surface area contributed by atoms with E-state index in [4.69, 9.17) is 0 Å². The predicted octanol–water partition coefficient (Wildman–Crippen LogP) is 12.1. The molecule has 274 valence electrons. The molecule has 0 fully saturated rings. The van der Waals surface area contributed by atoms with E-state index in [0.717, 1.165) is 64.2 Å². The molecule has 48 heavy (non-hydrogen) atoms.